The van der Waals surface area contributed by atoms with E-state index in [-0.39, 0.29) is 0 Å². The highest BCUT2D eigenvalue weighted by molar-refractivity contribution is 7.71. The van der Waals surface area contributed by atoms with E-state index in [0.29, 0.717) is 17.5 Å². The molecule has 0 atom stereocenters. The standard InChI is InChI=1S/C12H15NOS/c1-3-7-12(14,8-4-2)10-6-5-9-13-11(10)15/h3-6,9,14H,1-2,7-8H2,(H,13,15). The molecule has 0 aliphatic carbocycles. The molecule has 0 aromatic carbocycles. The van der Waals surface area contributed by atoms with E-state index >= 15 is 0 Å². The van der Waals surface area contributed by atoms with E-state index in [1.807, 2.05) is 12.1 Å². The van der Waals surface area contributed by atoms with Crippen molar-refractivity contribution in [3.63, 3.8) is 0 Å². The van der Waals surface area contributed by atoms with E-state index in [4.69, 9.17) is 12.2 Å². The third-order valence-corrected chi connectivity index (χ3v) is 2.62. The van der Waals surface area contributed by atoms with Gasteiger partial charge in [-0.2, -0.15) is 0 Å². The van der Waals surface area contributed by atoms with E-state index in [0.717, 1.165) is 5.56 Å². The molecule has 0 aliphatic rings. The first kappa shape index (κ1) is 11.9. The van der Waals surface area contributed by atoms with Crippen molar-refractivity contribution in [3.05, 3.63) is 53.8 Å². The van der Waals surface area contributed by atoms with E-state index in [1.54, 1.807) is 18.3 Å². The topological polar surface area (TPSA) is 36.0 Å². The number of rotatable bonds is 5. The maximum Gasteiger partial charge on any atom is 0.109 e. The van der Waals surface area contributed by atoms with Crippen molar-refractivity contribution in [1.29, 1.82) is 0 Å². The van der Waals surface area contributed by atoms with Gasteiger partial charge in [-0.05, 0) is 18.9 Å². The zero-order valence-electron chi connectivity index (χ0n) is 8.57. The SMILES string of the molecule is C=CCC(O)(CC=C)c1ccc[nH]c1=S. The summed E-state index contributed by atoms with van der Waals surface area (Å²) in [5, 5.41) is 10.4. The maximum atomic E-state index is 10.4. The lowest BCUT2D eigenvalue weighted by Crippen LogP contribution is -2.24. The van der Waals surface area contributed by atoms with Crippen LogP contribution < -0.4 is 0 Å². The van der Waals surface area contributed by atoms with Crippen molar-refractivity contribution in [1.82, 2.24) is 4.98 Å². The highest BCUT2D eigenvalue weighted by Gasteiger charge is 2.27. The summed E-state index contributed by atoms with van der Waals surface area (Å²) in [5.41, 5.74) is -0.266. The molecule has 3 heteroatoms. The lowest BCUT2D eigenvalue weighted by molar-refractivity contribution is 0.0422. The van der Waals surface area contributed by atoms with Crippen LogP contribution in [0.4, 0.5) is 0 Å². The molecular weight excluding hydrogens is 206 g/mol. The molecule has 1 heterocycles. The molecule has 2 N–H and O–H groups in total. The summed E-state index contributed by atoms with van der Waals surface area (Å²) in [6.07, 6.45) is 6.03. The Balaban J connectivity index is 3.20. The number of pyridine rings is 1. The smallest absolute Gasteiger partial charge is 0.109 e. The zero-order chi connectivity index (χ0) is 11.3. The molecule has 1 aromatic rings. The number of aromatic nitrogens is 1. The largest absolute Gasteiger partial charge is 0.384 e. The Kier molecular flexibility index (Phi) is 4.00. The van der Waals surface area contributed by atoms with Gasteiger partial charge in [0.2, 0.25) is 0 Å². The van der Waals surface area contributed by atoms with Crippen LogP contribution in [0.1, 0.15) is 18.4 Å². The summed E-state index contributed by atoms with van der Waals surface area (Å²) in [6.45, 7) is 7.29. The van der Waals surface area contributed by atoms with Gasteiger partial charge in [-0.15, -0.1) is 13.2 Å². The monoisotopic (exact) mass is 221 g/mol. The number of H-pyrrole nitrogens is 1. The van der Waals surface area contributed by atoms with E-state index in [1.165, 1.54) is 0 Å². The van der Waals surface area contributed by atoms with Crippen molar-refractivity contribution in [3.8, 4) is 0 Å². The fourth-order valence-electron chi connectivity index (χ4n) is 1.57. The van der Waals surface area contributed by atoms with Crippen LogP contribution >= 0.6 is 12.2 Å². The second-order valence-corrected chi connectivity index (χ2v) is 3.84. The molecule has 0 saturated carbocycles. The number of hydrogen-bond acceptors (Lipinski definition) is 2. The zero-order valence-corrected chi connectivity index (χ0v) is 9.39. The normalized spacial score (nSPS) is 11.0. The molecule has 0 fully saturated rings. The molecule has 1 aromatic heterocycles. The van der Waals surface area contributed by atoms with E-state index < -0.39 is 5.60 Å². The van der Waals surface area contributed by atoms with Gasteiger partial charge in [0.05, 0.1) is 5.60 Å². The summed E-state index contributed by atoms with van der Waals surface area (Å²) in [6, 6.07) is 3.65. The molecule has 0 aliphatic heterocycles. The molecule has 80 valence electrons. The average Bonchev–Trinajstić information content (AvgIpc) is 2.19. The molecule has 1 rings (SSSR count). The Morgan fingerprint density at radius 3 is 2.47 bits per heavy atom. The predicted molar refractivity (Wildman–Crippen MR) is 65.2 cm³/mol. The summed E-state index contributed by atoms with van der Waals surface area (Å²) in [7, 11) is 0. The lowest BCUT2D eigenvalue weighted by Gasteiger charge is -2.25. The molecule has 0 spiro atoms. The van der Waals surface area contributed by atoms with Crippen molar-refractivity contribution >= 4 is 12.2 Å². The Morgan fingerprint density at radius 2 is 2.00 bits per heavy atom. The van der Waals surface area contributed by atoms with Gasteiger partial charge in [0.25, 0.3) is 0 Å². The molecule has 0 bridgehead atoms. The molecule has 0 amide bonds. The van der Waals surface area contributed by atoms with Gasteiger partial charge in [-0.25, -0.2) is 0 Å². The molecule has 2 nitrogen and oxygen atoms in total. The Morgan fingerprint density at radius 1 is 1.40 bits per heavy atom. The fourth-order valence-corrected chi connectivity index (χ4v) is 1.89. The Labute approximate surface area is 95.0 Å². The first-order chi connectivity index (χ1) is 7.14. The molecule has 0 radical (unpaired) electrons. The molecule has 0 unspecified atom stereocenters. The van der Waals surface area contributed by atoms with Gasteiger partial charge in [-0.1, -0.05) is 30.4 Å². The van der Waals surface area contributed by atoms with Crippen LogP contribution in [0.15, 0.2) is 43.6 Å². The molecule has 15 heavy (non-hydrogen) atoms. The van der Waals surface area contributed by atoms with Crippen molar-refractivity contribution < 1.29 is 5.11 Å². The van der Waals surface area contributed by atoms with Gasteiger partial charge >= 0.3 is 0 Å². The second kappa shape index (κ2) is 5.05. The summed E-state index contributed by atoms with van der Waals surface area (Å²) >= 11 is 5.14. The summed E-state index contributed by atoms with van der Waals surface area (Å²) < 4.78 is 0.559. The fraction of sp³-hybridized carbons (Fsp3) is 0.250. The van der Waals surface area contributed by atoms with Gasteiger partial charge in [0.15, 0.2) is 0 Å². The third-order valence-electron chi connectivity index (χ3n) is 2.28. The Hall–Kier alpha value is -1.19. The number of aromatic amines is 1. The van der Waals surface area contributed by atoms with Crippen LogP contribution in [-0.2, 0) is 5.60 Å². The van der Waals surface area contributed by atoms with Crippen molar-refractivity contribution in [2.75, 3.05) is 0 Å². The molecular formula is C12H15NOS. The highest BCUT2D eigenvalue weighted by Crippen LogP contribution is 2.29. The Bertz CT molecular complexity index is 398. The minimum atomic E-state index is -0.988. The summed E-state index contributed by atoms with van der Waals surface area (Å²) in [5.74, 6) is 0. The van der Waals surface area contributed by atoms with Crippen LogP contribution in [0.25, 0.3) is 0 Å². The van der Waals surface area contributed by atoms with Crippen LogP contribution in [0.2, 0.25) is 0 Å². The second-order valence-electron chi connectivity index (χ2n) is 3.43. The van der Waals surface area contributed by atoms with Gasteiger partial charge < -0.3 is 10.1 Å². The van der Waals surface area contributed by atoms with E-state index in [2.05, 4.69) is 18.1 Å². The van der Waals surface area contributed by atoms with Crippen LogP contribution in [0.5, 0.6) is 0 Å². The minimum Gasteiger partial charge on any atom is -0.384 e. The first-order valence-electron chi connectivity index (χ1n) is 4.76. The average molecular weight is 221 g/mol. The van der Waals surface area contributed by atoms with Gasteiger partial charge in [0.1, 0.15) is 4.64 Å². The van der Waals surface area contributed by atoms with E-state index in [9.17, 15) is 5.11 Å². The number of nitrogens with one attached hydrogen (secondary N) is 1. The highest BCUT2D eigenvalue weighted by atomic mass is 32.1. The molecule has 0 saturated heterocycles. The van der Waals surface area contributed by atoms with Crippen molar-refractivity contribution in [2.45, 2.75) is 18.4 Å². The predicted octanol–water partition coefficient (Wildman–Crippen LogP) is 3.08. The van der Waals surface area contributed by atoms with Crippen LogP contribution in [-0.4, -0.2) is 10.1 Å². The third kappa shape index (κ3) is 2.64. The summed E-state index contributed by atoms with van der Waals surface area (Å²) in [4.78, 5) is 2.91. The van der Waals surface area contributed by atoms with Gasteiger partial charge in [0, 0.05) is 11.8 Å². The number of aliphatic hydroxyl groups is 1. The van der Waals surface area contributed by atoms with Gasteiger partial charge in [-0.3, -0.25) is 0 Å². The van der Waals surface area contributed by atoms with Crippen molar-refractivity contribution in [2.24, 2.45) is 0 Å². The maximum absolute atomic E-state index is 10.4. The quantitative estimate of drug-likeness (QED) is 0.592. The minimum absolute atomic E-state index is 0.459. The van der Waals surface area contributed by atoms with Crippen LogP contribution in [0.3, 0.4) is 0 Å². The lowest BCUT2D eigenvalue weighted by atomic mass is 9.88. The van der Waals surface area contributed by atoms with Crippen LogP contribution in [0, 0.1) is 4.64 Å². The number of hydrogen-bond donors (Lipinski definition) is 2. The first-order valence-corrected chi connectivity index (χ1v) is 5.17.